The number of aryl methyl sites for hydroxylation is 2. The Hall–Kier alpha value is -2.17. The summed E-state index contributed by atoms with van der Waals surface area (Å²) in [6, 6.07) is 4.31. The van der Waals surface area contributed by atoms with Crippen molar-refractivity contribution < 1.29 is 9.13 Å². The average molecular weight is 247 g/mol. The van der Waals surface area contributed by atoms with Gasteiger partial charge >= 0.3 is 0 Å². The van der Waals surface area contributed by atoms with Crippen LogP contribution in [-0.2, 0) is 0 Å². The van der Waals surface area contributed by atoms with E-state index in [1.54, 1.807) is 26.8 Å². The smallest absolute Gasteiger partial charge is 0.227 e. The van der Waals surface area contributed by atoms with Crippen molar-refractivity contribution >= 4 is 5.82 Å². The second kappa shape index (κ2) is 4.60. The summed E-state index contributed by atoms with van der Waals surface area (Å²) < 4.78 is 18.7. The number of nitrogens with zero attached hydrogens (tertiary/aromatic N) is 2. The van der Waals surface area contributed by atoms with Crippen LogP contribution >= 0.6 is 0 Å². The van der Waals surface area contributed by atoms with E-state index in [1.807, 2.05) is 0 Å². The maximum Gasteiger partial charge on any atom is 0.227 e. The van der Waals surface area contributed by atoms with Crippen LogP contribution < -0.4 is 10.5 Å². The Balaban J connectivity index is 2.40. The second-order valence-corrected chi connectivity index (χ2v) is 4.10. The minimum Gasteiger partial charge on any atom is -0.438 e. The molecule has 0 aliphatic carbocycles. The lowest BCUT2D eigenvalue weighted by molar-refractivity contribution is 0.451. The highest BCUT2D eigenvalue weighted by Crippen LogP contribution is 2.28. The van der Waals surface area contributed by atoms with Gasteiger partial charge in [0.05, 0.1) is 5.56 Å². The summed E-state index contributed by atoms with van der Waals surface area (Å²) in [4.78, 5) is 8.22. The van der Waals surface area contributed by atoms with Gasteiger partial charge in [-0.3, -0.25) is 0 Å². The van der Waals surface area contributed by atoms with Gasteiger partial charge in [-0.25, -0.2) is 9.37 Å². The molecule has 0 fully saturated rings. The van der Waals surface area contributed by atoms with Crippen LogP contribution in [0.4, 0.5) is 10.2 Å². The molecule has 94 valence electrons. The maximum atomic E-state index is 13.0. The number of ether oxygens (including phenoxy) is 1. The second-order valence-electron chi connectivity index (χ2n) is 4.10. The number of benzene rings is 1. The molecule has 2 N–H and O–H groups in total. The molecule has 0 aliphatic heterocycles. The quantitative estimate of drug-likeness (QED) is 0.886. The number of anilines is 1. The highest BCUT2D eigenvalue weighted by molar-refractivity contribution is 5.46. The molecule has 5 heteroatoms. The van der Waals surface area contributed by atoms with Crippen molar-refractivity contribution in [2.45, 2.75) is 20.8 Å². The van der Waals surface area contributed by atoms with Crippen LogP contribution in [0.1, 0.15) is 17.0 Å². The predicted octanol–water partition coefficient (Wildman–Crippen LogP) is 2.92. The van der Waals surface area contributed by atoms with E-state index in [2.05, 4.69) is 9.97 Å². The third-order valence-electron chi connectivity index (χ3n) is 2.59. The number of halogens is 1. The Bertz CT molecular complexity index is 599. The largest absolute Gasteiger partial charge is 0.438 e. The van der Waals surface area contributed by atoms with E-state index in [4.69, 9.17) is 10.5 Å². The van der Waals surface area contributed by atoms with Crippen molar-refractivity contribution in [3.63, 3.8) is 0 Å². The number of nitrogen functional groups attached to an aromatic ring is 1. The average Bonchev–Trinajstić information content (AvgIpc) is 2.29. The monoisotopic (exact) mass is 247 g/mol. The molecule has 0 bridgehead atoms. The first-order valence-corrected chi connectivity index (χ1v) is 5.52. The van der Waals surface area contributed by atoms with Gasteiger partial charge in [0, 0.05) is 0 Å². The molecule has 0 amide bonds. The number of rotatable bonds is 2. The van der Waals surface area contributed by atoms with Crippen molar-refractivity contribution in [1.82, 2.24) is 9.97 Å². The minimum absolute atomic E-state index is 0.296. The molecule has 18 heavy (non-hydrogen) atoms. The molecule has 2 aromatic rings. The lowest BCUT2D eigenvalue weighted by atomic mass is 10.2. The van der Waals surface area contributed by atoms with Gasteiger partial charge in [-0.05, 0) is 44.5 Å². The maximum absolute atomic E-state index is 13.0. The first-order valence-electron chi connectivity index (χ1n) is 5.52. The fourth-order valence-corrected chi connectivity index (χ4v) is 1.55. The molecule has 1 aromatic heterocycles. The summed E-state index contributed by atoms with van der Waals surface area (Å²) in [5.74, 6) is 1.58. The van der Waals surface area contributed by atoms with Crippen LogP contribution in [-0.4, -0.2) is 9.97 Å². The Morgan fingerprint density at radius 3 is 2.56 bits per heavy atom. The van der Waals surface area contributed by atoms with Gasteiger partial charge in [0.25, 0.3) is 0 Å². The third kappa shape index (κ3) is 2.40. The Labute approximate surface area is 105 Å². The SMILES string of the molecule is Cc1nc(N)c(C)c(Oc2ccc(F)cc2C)n1. The molecule has 1 heterocycles. The van der Waals surface area contributed by atoms with Gasteiger partial charge < -0.3 is 10.5 Å². The predicted molar refractivity (Wildman–Crippen MR) is 67.1 cm³/mol. The van der Waals surface area contributed by atoms with Crippen LogP contribution in [0.2, 0.25) is 0 Å². The molecule has 4 nitrogen and oxygen atoms in total. The lowest BCUT2D eigenvalue weighted by Crippen LogP contribution is -2.02. The number of aromatic nitrogens is 2. The molecule has 0 spiro atoms. The zero-order valence-electron chi connectivity index (χ0n) is 10.5. The van der Waals surface area contributed by atoms with Gasteiger partial charge in [-0.1, -0.05) is 0 Å². The van der Waals surface area contributed by atoms with E-state index in [-0.39, 0.29) is 5.82 Å². The molecular formula is C13H14FN3O. The highest BCUT2D eigenvalue weighted by atomic mass is 19.1. The molecule has 1 aromatic carbocycles. The fourth-order valence-electron chi connectivity index (χ4n) is 1.55. The summed E-state index contributed by atoms with van der Waals surface area (Å²) in [6.45, 7) is 5.29. The number of nitrogens with two attached hydrogens (primary N) is 1. The van der Waals surface area contributed by atoms with Crippen LogP contribution in [0.3, 0.4) is 0 Å². The first-order chi connectivity index (χ1) is 8.47. The van der Waals surface area contributed by atoms with Gasteiger partial charge in [-0.15, -0.1) is 0 Å². The van der Waals surface area contributed by atoms with Gasteiger partial charge in [0.15, 0.2) is 0 Å². The molecular weight excluding hydrogens is 233 g/mol. The van der Waals surface area contributed by atoms with E-state index in [0.29, 0.717) is 34.4 Å². The van der Waals surface area contributed by atoms with Crippen molar-refractivity contribution in [3.05, 3.63) is 41.0 Å². The topological polar surface area (TPSA) is 61.0 Å². The zero-order valence-corrected chi connectivity index (χ0v) is 10.5. The first kappa shape index (κ1) is 12.3. The fraction of sp³-hybridized carbons (Fsp3) is 0.231. The van der Waals surface area contributed by atoms with Crippen LogP contribution in [0, 0.1) is 26.6 Å². The van der Waals surface area contributed by atoms with Crippen LogP contribution in [0.5, 0.6) is 11.6 Å². The van der Waals surface area contributed by atoms with Crippen LogP contribution in [0.15, 0.2) is 18.2 Å². The Morgan fingerprint density at radius 2 is 1.89 bits per heavy atom. The van der Waals surface area contributed by atoms with E-state index in [9.17, 15) is 4.39 Å². The van der Waals surface area contributed by atoms with E-state index < -0.39 is 0 Å². The molecule has 0 unspecified atom stereocenters. The molecule has 0 radical (unpaired) electrons. The van der Waals surface area contributed by atoms with Crippen molar-refractivity contribution in [2.24, 2.45) is 0 Å². The number of hydrogen-bond acceptors (Lipinski definition) is 4. The van der Waals surface area contributed by atoms with E-state index in [0.717, 1.165) is 0 Å². The zero-order chi connectivity index (χ0) is 13.3. The third-order valence-corrected chi connectivity index (χ3v) is 2.59. The highest BCUT2D eigenvalue weighted by Gasteiger charge is 2.10. The van der Waals surface area contributed by atoms with Gasteiger partial charge in [0.1, 0.15) is 23.2 Å². The molecule has 0 saturated carbocycles. The summed E-state index contributed by atoms with van der Waals surface area (Å²) in [5, 5.41) is 0. The van der Waals surface area contributed by atoms with E-state index >= 15 is 0 Å². The molecule has 0 aliphatic rings. The minimum atomic E-state index is -0.296. The van der Waals surface area contributed by atoms with Crippen LogP contribution in [0.25, 0.3) is 0 Å². The van der Waals surface area contributed by atoms with Crippen molar-refractivity contribution in [1.29, 1.82) is 0 Å². The standard InChI is InChI=1S/C13H14FN3O/c1-7-6-10(14)4-5-11(7)18-13-8(2)12(15)16-9(3)17-13/h4-6H,1-3H3,(H2,15,16,17). The summed E-state index contributed by atoms with van der Waals surface area (Å²) in [7, 11) is 0. The molecule has 0 atom stereocenters. The Kier molecular flexibility index (Phi) is 3.14. The molecule has 0 saturated heterocycles. The van der Waals surface area contributed by atoms with Crippen molar-refractivity contribution in [3.8, 4) is 11.6 Å². The summed E-state index contributed by atoms with van der Waals surface area (Å²) in [5.41, 5.74) is 7.12. The van der Waals surface area contributed by atoms with Crippen molar-refractivity contribution in [2.75, 3.05) is 5.73 Å². The number of hydrogen-bond donors (Lipinski definition) is 1. The summed E-state index contributed by atoms with van der Waals surface area (Å²) >= 11 is 0. The summed E-state index contributed by atoms with van der Waals surface area (Å²) in [6.07, 6.45) is 0. The van der Waals surface area contributed by atoms with Gasteiger partial charge in [0.2, 0.25) is 5.88 Å². The lowest BCUT2D eigenvalue weighted by Gasteiger charge is -2.11. The Morgan fingerprint density at radius 1 is 1.17 bits per heavy atom. The van der Waals surface area contributed by atoms with Gasteiger partial charge in [-0.2, -0.15) is 4.98 Å². The molecule has 2 rings (SSSR count). The van der Waals surface area contributed by atoms with E-state index in [1.165, 1.54) is 12.1 Å². The normalized spacial score (nSPS) is 10.4.